The Morgan fingerprint density at radius 1 is 1.33 bits per heavy atom. The summed E-state index contributed by atoms with van der Waals surface area (Å²) in [6.45, 7) is 2.96. The molecule has 0 spiro atoms. The molecule has 0 fully saturated rings. The topological polar surface area (TPSA) is 12.0 Å². The smallest absolute Gasteiger partial charge is 0.312 e. The van der Waals surface area contributed by atoms with E-state index in [0.717, 1.165) is 5.56 Å². The van der Waals surface area contributed by atoms with Gasteiger partial charge in [-0.05, 0) is 23.1 Å². The Hall–Kier alpha value is -1.03. The van der Waals surface area contributed by atoms with Crippen LogP contribution in [0.1, 0.15) is 29.5 Å². The van der Waals surface area contributed by atoms with Crippen LogP contribution in [0.2, 0.25) is 0 Å². The van der Waals surface area contributed by atoms with Gasteiger partial charge in [-0.2, -0.15) is 13.2 Å². The number of alkyl halides is 3. The predicted octanol–water partition coefficient (Wildman–Crippen LogP) is 2.91. The van der Waals surface area contributed by atoms with Crippen LogP contribution in [0.3, 0.4) is 0 Å². The van der Waals surface area contributed by atoms with Crippen molar-refractivity contribution >= 4 is 0 Å². The fraction of sp³-hybridized carbons (Fsp3) is 0.455. The zero-order valence-electron chi connectivity index (χ0n) is 8.36. The first-order chi connectivity index (χ1) is 7.00. The molecule has 0 aliphatic carbocycles. The van der Waals surface area contributed by atoms with Crippen LogP contribution >= 0.6 is 0 Å². The van der Waals surface area contributed by atoms with Crippen LogP contribution in [0.15, 0.2) is 18.2 Å². The van der Waals surface area contributed by atoms with Crippen molar-refractivity contribution in [3.05, 3.63) is 34.9 Å². The summed E-state index contributed by atoms with van der Waals surface area (Å²) in [5.41, 5.74) is 0.751. The van der Waals surface area contributed by atoms with Gasteiger partial charge < -0.3 is 5.32 Å². The normalized spacial score (nSPS) is 21.2. The lowest BCUT2D eigenvalue weighted by Crippen LogP contribution is -2.29. The zero-order valence-corrected chi connectivity index (χ0v) is 8.36. The highest BCUT2D eigenvalue weighted by Gasteiger charge is 2.36. The van der Waals surface area contributed by atoms with Crippen LogP contribution in [0.5, 0.6) is 0 Å². The molecule has 1 N–H and O–H groups in total. The highest BCUT2D eigenvalue weighted by Crippen LogP contribution is 2.37. The van der Waals surface area contributed by atoms with Crippen molar-refractivity contribution in [3.8, 4) is 0 Å². The first-order valence-electron chi connectivity index (χ1n) is 4.90. The predicted molar refractivity (Wildman–Crippen MR) is 51.6 cm³/mol. The molecule has 1 aliphatic rings. The highest BCUT2D eigenvalue weighted by atomic mass is 19.4. The molecule has 1 aromatic carbocycles. The van der Waals surface area contributed by atoms with Gasteiger partial charge in [0.15, 0.2) is 0 Å². The SMILES string of the molecule is CC1CNCc2cccc(C(F)(F)F)c21. The molecule has 15 heavy (non-hydrogen) atoms. The van der Waals surface area contributed by atoms with Gasteiger partial charge in [-0.3, -0.25) is 0 Å². The third-order valence-electron chi connectivity index (χ3n) is 2.76. The van der Waals surface area contributed by atoms with Crippen molar-refractivity contribution in [2.45, 2.75) is 25.6 Å². The fourth-order valence-corrected chi connectivity index (χ4v) is 2.12. The molecule has 0 radical (unpaired) electrons. The van der Waals surface area contributed by atoms with Crippen LogP contribution in [-0.4, -0.2) is 6.54 Å². The summed E-state index contributed by atoms with van der Waals surface area (Å²) in [4.78, 5) is 0. The van der Waals surface area contributed by atoms with E-state index in [-0.39, 0.29) is 5.92 Å². The summed E-state index contributed by atoms with van der Waals surface area (Å²) < 4.78 is 38.2. The van der Waals surface area contributed by atoms with E-state index in [4.69, 9.17) is 0 Å². The van der Waals surface area contributed by atoms with Crippen LogP contribution < -0.4 is 5.32 Å². The lowest BCUT2D eigenvalue weighted by atomic mass is 9.88. The Bertz CT molecular complexity index is 371. The van der Waals surface area contributed by atoms with E-state index in [1.165, 1.54) is 12.1 Å². The lowest BCUT2D eigenvalue weighted by molar-refractivity contribution is -0.138. The maximum Gasteiger partial charge on any atom is 0.416 e. The molecular formula is C11H12F3N. The Morgan fingerprint density at radius 3 is 2.73 bits per heavy atom. The molecule has 1 unspecified atom stereocenters. The average molecular weight is 215 g/mol. The second-order valence-corrected chi connectivity index (χ2v) is 3.91. The van der Waals surface area contributed by atoms with E-state index in [9.17, 15) is 13.2 Å². The van der Waals surface area contributed by atoms with E-state index in [2.05, 4.69) is 5.32 Å². The van der Waals surface area contributed by atoms with Crippen LogP contribution in [0.25, 0.3) is 0 Å². The average Bonchev–Trinajstić information content (AvgIpc) is 2.16. The Morgan fingerprint density at radius 2 is 2.07 bits per heavy atom. The summed E-state index contributed by atoms with van der Waals surface area (Å²) in [5, 5.41) is 3.10. The third kappa shape index (κ3) is 1.86. The van der Waals surface area contributed by atoms with Crippen molar-refractivity contribution in [3.63, 3.8) is 0 Å². The minimum Gasteiger partial charge on any atom is -0.312 e. The van der Waals surface area contributed by atoms with E-state index in [0.29, 0.717) is 18.7 Å². The molecule has 1 nitrogen and oxygen atoms in total. The fourth-order valence-electron chi connectivity index (χ4n) is 2.12. The van der Waals surface area contributed by atoms with E-state index >= 15 is 0 Å². The minimum absolute atomic E-state index is 0.0772. The van der Waals surface area contributed by atoms with E-state index in [1.807, 2.05) is 6.92 Å². The largest absolute Gasteiger partial charge is 0.416 e. The second kappa shape index (κ2) is 3.52. The minimum atomic E-state index is -4.24. The van der Waals surface area contributed by atoms with Gasteiger partial charge in [-0.1, -0.05) is 19.1 Å². The van der Waals surface area contributed by atoms with Gasteiger partial charge >= 0.3 is 6.18 Å². The standard InChI is InChI=1S/C11H12F3N/c1-7-5-15-6-8-3-2-4-9(10(7)8)11(12,13)14/h2-4,7,15H,5-6H2,1H3. The second-order valence-electron chi connectivity index (χ2n) is 3.91. The first-order valence-corrected chi connectivity index (χ1v) is 4.90. The van der Waals surface area contributed by atoms with Crippen molar-refractivity contribution in [2.75, 3.05) is 6.54 Å². The molecule has 82 valence electrons. The quantitative estimate of drug-likeness (QED) is 0.701. The lowest BCUT2D eigenvalue weighted by Gasteiger charge is -2.26. The summed E-state index contributed by atoms with van der Waals surface area (Å²) in [6, 6.07) is 4.40. The molecular weight excluding hydrogens is 203 g/mol. The summed E-state index contributed by atoms with van der Waals surface area (Å²) in [7, 11) is 0. The number of hydrogen-bond acceptors (Lipinski definition) is 1. The highest BCUT2D eigenvalue weighted by molar-refractivity contribution is 5.41. The van der Waals surface area contributed by atoms with Gasteiger partial charge in [-0.15, -0.1) is 0 Å². The van der Waals surface area contributed by atoms with Crippen molar-refractivity contribution in [1.29, 1.82) is 0 Å². The molecule has 1 atom stereocenters. The van der Waals surface area contributed by atoms with Gasteiger partial charge in [0, 0.05) is 13.1 Å². The van der Waals surface area contributed by atoms with Crippen LogP contribution in [-0.2, 0) is 12.7 Å². The Labute approximate surface area is 86.3 Å². The van der Waals surface area contributed by atoms with E-state index < -0.39 is 11.7 Å². The molecule has 1 heterocycles. The molecule has 0 bridgehead atoms. The molecule has 4 heteroatoms. The van der Waals surface area contributed by atoms with Crippen molar-refractivity contribution in [1.82, 2.24) is 5.32 Å². The maximum atomic E-state index is 12.7. The first kappa shape index (κ1) is 10.5. The summed E-state index contributed by atoms with van der Waals surface area (Å²) in [5.74, 6) is -0.0772. The number of hydrogen-bond donors (Lipinski definition) is 1. The van der Waals surface area contributed by atoms with Gasteiger partial charge in [0.2, 0.25) is 0 Å². The van der Waals surface area contributed by atoms with E-state index in [1.54, 1.807) is 6.07 Å². The third-order valence-corrected chi connectivity index (χ3v) is 2.76. The summed E-state index contributed by atoms with van der Waals surface area (Å²) in [6.07, 6.45) is -4.24. The van der Waals surface area contributed by atoms with Crippen molar-refractivity contribution in [2.24, 2.45) is 0 Å². The number of benzene rings is 1. The van der Waals surface area contributed by atoms with Gasteiger partial charge in [0.25, 0.3) is 0 Å². The Kier molecular flexibility index (Phi) is 2.46. The molecule has 2 rings (SSSR count). The molecule has 1 aliphatic heterocycles. The maximum absolute atomic E-state index is 12.7. The monoisotopic (exact) mass is 215 g/mol. The van der Waals surface area contributed by atoms with Crippen LogP contribution in [0.4, 0.5) is 13.2 Å². The van der Waals surface area contributed by atoms with Crippen molar-refractivity contribution < 1.29 is 13.2 Å². The molecule has 0 saturated carbocycles. The number of rotatable bonds is 0. The number of nitrogens with one attached hydrogen (secondary N) is 1. The summed E-state index contributed by atoms with van der Waals surface area (Å²) >= 11 is 0. The van der Waals surface area contributed by atoms with Gasteiger partial charge in [0.05, 0.1) is 5.56 Å². The number of halogens is 3. The number of fused-ring (bicyclic) bond motifs is 1. The van der Waals surface area contributed by atoms with Gasteiger partial charge in [-0.25, -0.2) is 0 Å². The molecule has 0 saturated heterocycles. The van der Waals surface area contributed by atoms with Crippen LogP contribution in [0, 0.1) is 0 Å². The zero-order chi connectivity index (χ0) is 11.1. The molecule has 0 amide bonds. The molecule has 0 aromatic heterocycles. The molecule has 1 aromatic rings. The van der Waals surface area contributed by atoms with Gasteiger partial charge in [0.1, 0.15) is 0 Å². The Balaban J connectivity index is 2.57.